The van der Waals surface area contributed by atoms with Gasteiger partial charge in [-0.15, -0.1) is 0 Å². The van der Waals surface area contributed by atoms with Gasteiger partial charge >= 0.3 is 5.97 Å². The average molecular weight is 546 g/mol. The number of nitrogens with one attached hydrogen (secondary N) is 1. The number of carbonyl (C=O) groups is 2. The Labute approximate surface area is 225 Å². The van der Waals surface area contributed by atoms with E-state index in [0.717, 1.165) is 30.7 Å². The molecule has 1 fully saturated rings. The zero-order valence-electron chi connectivity index (χ0n) is 23.0. The smallest absolute Gasteiger partial charge is 0.338 e. The lowest BCUT2D eigenvalue weighted by atomic mass is 9.76. The minimum Gasteiger partial charge on any atom is -0.461 e. The predicted octanol–water partition coefficient (Wildman–Crippen LogP) is 3.59. The van der Waals surface area contributed by atoms with E-state index in [4.69, 9.17) is 14.6 Å². The van der Waals surface area contributed by atoms with Gasteiger partial charge in [0.25, 0.3) is 5.91 Å². The van der Waals surface area contributed by atoms with Crippen LogP contribution in [0.5, 0.6) is 0 Å². The molecule has 10 heteroatoms. The van der Waals surface area contributed by atoms with Gasteiger partial charge in [-0.3, -0.25) is 9.48 Å². The summed E-state index contributed by atoms with van der Waals surface area (Å²) in [6.07, 6.45) is 3.15. The Kier molecular flexibility index (Phi) is 8.04. The summed E-state index contributed by atoms with van der Waals surface area (Å²) in [4.78, 5) is 26.1. The fraction of sp³-hybridized carbons (Fsp3) is 0.607. The third-order valence-electron chi connectivity index (χ3n) is 7.60. The SMILES string of the molecule is CCc1nn(CC(C)(C)COC(=O)c2cccc(S(=O)(=O)C(C)C)c2)c2c1C(=O)NCC1(CCOCC1)C2. The quantitative estimate of drug-likeness (QED) is 0.504. The minimum absolute atomic E-state index is 0.0557. The number of fused-ring (bicyclic) bond motifs is 1. The van der Waals surface area contributed by atoms with Gasteiger partial charge in [0, 0.05) is 31.7 Å². The van der Waals surface area contributed by atoms with Crippen LogP contribution >= 0.6 is 0 Å². The molecule has 208 valence electrons. The van der Waals surface area contributed by atoms with Crippen LogP contribution in [0.25, 0.3) is 0 Å². The van der Waals surface area contributed by atoms with Gasteiger partial charge in [0.2, 0.25) is 0 Å². The fourth-order valence-corrected chi connectivity index (χ4v) is 6.27. The number of amides is 1. The van der Waals surface area contributed by atoms with Crippen LogP contribution in [-0.4, -0.2) is 61.7 Å². The first-order valence-electron chi connectivity index (χ1n) is 13.3. The lowest BCUT2D eigenvalue weighted by Gasteiger charge is -2.36. The molecule has 1 amide bonds. The molecule has 1 spiro atoms. The maximum absolute atomic E-state index is 13.1. The van der Waals surface area contributed by atoms with Crippen LogP contribution in [0.15, 0.2) is 29.2 Å². The monoisotopic (exact) mass is 545 g/mol. The largest absolute Gasteiger partial charge is 0.461 e. The molecule has 0 radical (unpaired) electrons. The minimum atomic E-state index is -3.51. The molecule has 1 aromatic carbocycles. The van der Waals surface area contributed by atoms with Gasteiger partial charge in [0.05, 0.1) is 39.3 Å². The molecular weight excluding hydrogens is 506 g/mol. The first kappa shape index (κ1) is 28.3. The van der Waals surface area contributed by atoms with Crippen molar-refractivity contribution in [1.29, 1.82) is 0 Å². The van der Waals surface area contributed by atoms with Crippen LogP contribution in [-0.2, 0) is 38.7 Å². The molecule has 0 atom stereocenters. The molecule has 1 saturated heterocycles. The molecule has 0 saturated carbocycles. The third kappa shape index (κ3) is 5.81. The van der Waals surface area contributed by atoms with E-state index in [0.29, 0.717) is 38.3 Å². The van der Waals surface area contributed by atoms with Crippen LogP contribution in [0.2, 0.25) is 0 Å². The molecular formula is C28H39N3O6S. The number of benzene rings is 1. The maximum Gasteiger partial charge on any atom is 0.338 e. The Morgan fingerprint density at radius 3 is 2.63 bits per heavy atom. The van der Waals surface area contributed by atoms with E-state index in [9.17, 15) is 18.0 Å². The van der Waals surface area contributed by atoms with Crippen LogP contribution in [0.3, 0.4) is 0 Å². The number of hydrogen-bond acceptors (Lipinski definition) is 7. The van der Waals surface area contributed by atoms with E-state index >= 15 is 0 Å². The molecule has 0 unspecified atom stereocenters. The number of esters is 1. The zero-order valence-corrected chi connectivity index (χ0v) is 23.8. The van der Waals surface area contributed by atoms with Gasteiger partial charge in [-0.05, 0) is 63.1 Å². The molecule has 1 N–H and O–H groups in total. The lowest BCUT2D eigenvalue weighted by molar-refractivity contribution is 0.0145. The van der Waals surface area contributed by atoms with Crippen LogP contribution < -0.4 is 5.32 Å². The summed E-state index contributed by atoms with van der Waals surface area (Å²) in [6.45, 7) is 11.7. The zero-order chi connectivity index (χ0) is 27.7. The van der Waals surface area contributed by atoms with Gasteiger partial charge in [-0.1, -0.05) is 26.8 Å². The number of carbonyl (C=O) groups excluding carboxylic acids is 2. The number of rotatable bonds is 8. The highest BCUT2D eigenvalue weighted by molar-refractivity contribution is 7.92. The van der Waals surface area contributed by atoms with Crippen molar-refractivity contribution < 1.29 is 27.5 Å². The van der Waals surface area contributed by atoms with E-state index in [2.05, 4.69) is 5.32 Å². The van der Waals surface area contributed by atoms with Crippen molar-refractivity contribution in [1.82, 2.24) is 15.1 Å². The highest BCUT2D eigenvalue weighted by Crippen LogP contribution is 2.38. The summed E-state index contributed by atoms with van der Waals surface area (Å²) >= 11 is 0. The molecule has 9 nitrogen and oxygen atoms in total. The van der Waals surface area contributed by atoms with Crippen molar-refractivity contribution in [3.05, 3.63) is 46.8 Å². The van der Waals surface area contributed by atoms with Crippen molar-refractivity contribution in [3.63, 3.8) is 0 Å². The van der Waals surface area contributed by atoms with E-state index in [1.165, 1.54) is 12.1 Å². The third-order valence-corrected chi connectivity index (χ3v) is 9.75. The van der Waals surface area contributed by atoms with Gasteiger partial charge in [-0.25, -0.2) is 13.2 Å². The van der Waals surface area contributed by atoms with Crippen molar-refractivity contribution >= 4 is 21.7 Å². The topological polar surface area (TPSA) is 117 Å². The molecule has 2 aliphatic rings. The standard InChI is InChI=1S/C28H39N3O6S/c1-6-22-24-23(15-28(16-29-25(24)32)10-12-36-13-11-28)31(30-22)17-27(4,5)18-37-26(33)20-8-7-9-21(14-20)38(34,35)19(2)3/h7-9,14,19H,6,10-13,15-18H2,1-5H3,(H,29,32). The van der Waals surface area contributed by atoms with E-state index < -0.39 is 26.5 Å². The van der Waals surface area contributed by atoms with E-state index in [1.807, 2.05) is 25.5 Å². The molecule has 4 rings (SSSR count). The van der Waals surface area contributed by atoms with Crippen LogP contribution in [0.4, 0.5) is 0 Å². The second-order valence-electron chi connectivity index (χ2n) is 11.6. The first-order chi connectivity index (χ1) is 17.9. The van der Waals surface area contributed by atoms with Gasteiger partial charge in [-0.2, -0.15) is 5.10 Å². The van der Waals surface area contributed by atoms with Crippen LogP contribution in [0, 0.1) is 10.8 Å². The summed E-state index contributed by atoms with van der Waals surface area (Å²) in [5.74, 6) is -0.653. The number of sulfone groups is 1. The van der Waals surface area contributed by atoms with E-state index in [1.54, 1.807) is 26.0 Å². The normalized spacial score (nSPS) is 17.7. The van der Waals surface area contributed by atoms with E-state index in [-0.39, 0.29) is 28.4 Å². The van der Waals surface area contributed by atoms with Crippen molar-refractivity contribution in [3.8, 4) is 0 Å². The molecule has 0 bridgehead atoms. The second-order valence-corrected chi connectivity index (χ2v) is 14.1. The highest BCUT2D eigenvalue weighted by atomic mass is 32.2. The van der Waals surface area contributed by atoms with Crippen molar-refractivity contribution in [2.75, 3.05) is 26.4 Å². The van der Waals surface area contributed by atoms with Crippen molar-refractivity contribution in [2.45, 2.75) is 77.0 Å². The van der Waals surface area contributed by atoms with Gasteiger partial charge < -0.3 is 14.8 Å². The Hall–Kier alpha value is -2.72. The molecule has 38 heavy (non-hydrogen) atoms. The summed E-state index contributed by atoms with van der Waals surface area (Å²) in [5.41, 5.74) is 2.03. The number of nitrogens with zero attached hydrogens (tertiary/aromatic N) is 2. The molecule has 2 aromatic rings. The van der Waals surface area contributed by atoms with Crippen LogP contribution in [0.1, 0.15) is 79.6 Å². The number of ether oxygens (including phenoxy) is 2. The van der Waals surface area contributed by atoms with Gasteiger partial charge in [0.1, 0.15) is 0 Å². The molecule has 1 aromatic heterocycles. The Morgan fingerprint density at radius 1 is 1.26 bits per heavy atom. The summed E-state index contributed by atoms with van der Waals surface area (Å²) < 4.78 is 38.3. The molecule has 0 aliphatic carbocycles. The maximum atomic E-state index is 13.1. The number of aryl methyl sites for hydroxylation is 1. The number of hydrogen-bond donors (Lipinski definition) is 1. The molecule has 2 aliphatic heterocycles. The highest BCUT2D eigenvalue weighted by Gasteiger charge is 2.40. The average Bonchev–Trinajstić information content (AvgIpc) is 3.14. The predicted molar refractivity (Wildman–Crippen MR) is 143 cm³/mol. The first-order valence-corrected chi connectivity index (χ1v) is 14.9. The fourth-order valence-electron chi connectivity index (χ4n) is 5.17. The lowest BCUT2D eigenvalue weighted by Crippen LogP contribution is -2.41. The van der Waals surface area contributed by atoms with Gasteiger partial charge in [0.15, 0.2) is 9.84 Å². The molecule has 3 heterocycles. The Morgan fingerprint density at radius 2 is 1.97 bits per heavy atom. The second kappa shape index (κ2) is 10.8. The Bertz CT molecular complexity index is 1310. The number of aromatic nitrogens is 2. The summed E-state index contributed by atoms with van der Waals surface area (Å²) in [7, 11) is -3.51. The summed E-state index contributed by atoms with van der Waals surface area (Å²) in [5, 5.41) is 7.37. The van der Waals surface area contributed by atoms with Crippen molar-refractivity contribution in [2.24, 2.45) is 10.8 Å². The Balaban J connectivity index is 1.52. The summed E-state index contributed by atoms with van der Waals surface area (Å²) in [6, 6.07) is 5.98.